The van der Waals surface area contributed by atoms with E-state index in [2.05, 4.69) is 26.6 Å². The van der Waals surface area contributed by atoms with Gasteiger partial charge in [-0.25, -0.2) is 0 Å². The SMILES string of the molecule is Cc1cc(NC(=O)C(=O)NCCc2ccc(O)cc2)ccc1Br. The van der Waals surface area contributed by atoms with E-state index in [1.165, 1.54) is 0 Å². The Morgan fingerprint density at radius 2 is 1.78 bits per heavy atom. The number of anilines is 1. The van der Waals surface area contributed by atoms with Crippen molar-refractivity contribution >= 4 is 33.4 Å². The first kappa shape index (κ1) is 17.0. The van der Waals surface area contributed by atoms with Crippen molar-refractivity contribution in [1.82, 2.24) is 5.32 Å². The van der Waals surface area contributed by atoms with Gasteiger partial charge in [0.2, 0.25) is 0 Å². The van der Waals surface area contributed by atoms with E-state index in [-0.39, 0.29) is 5.75 Å². The van der Waals surface area contributed by atoms with E-state index in [1.54, 1.807) is 36.4 Å². The minimum Gasteiger partial charge on any atom is -0.508 e. The van der Waals surface area contributed by atoms with Crippen molar-refractivity contribution in [2.24, 2.45) is 0 Å². The summed E-state index contributed by atoms with van der Waals surface area (Å²) in [5, 5.41) is 14.3. The minimum atomic E-state index is -0.697. The number of aromatic hydroxyl groups is 1. The normalized spacial score (nSPS) is 10.2. The average Bonchev–Trinajstić information content (AvgIpc) is 2.52. The first-order valence-electron chi connectivity index (χ1n) is 7.09. The number of rotatable bonds is 4. The van der Waals surface area contributed by atoms with E-state index in [0.717, 1.165) is 15.6 Å². The Labute approximate surface area is 142 Å². The van der Waals surface area contributed by atoms with E-state index in [9.17, 15) is 14.7 Å². The van der Waals surface area contributed by atoms with Crippen LogP contribution in [-0.2, 0) is 16.0 Å². The van der Waals surface area contributed by atoms with Crippen LogP contribution in [0.25, 0.3) is 0 Å². The van der Waals surface area contributed by atoms with Gasteiger partial charge in [-0.3, -0.25) is 9.59 Å². The zero-order valence-electron chi connectivity index (χ0n) is 12.6. The van der Waals surface area contributed by atoms with Crippen molar-refractivity contribution in [3.05, 3.63) is 58.1 Å². The molecule has 120 valence electrons. The molecule has 2 rings (SSSR count). The molecule has 0 aliphatic rings. The van der Waals surface area contributed by atoms with Gasteiger partial charge in [0.15, 0.2) is 0 Å². The van der Waals surface area contributed by atoms with Gasteiger partial charge in [0.05, 0.1) is 0 Å². The molecule has 0 saturated carbocycles. The van der Waals surface area contributed by atoms with Gasteiger partial charge in [0.1, 0.15) is 5.75 Å². The first-order chi connectivity index (χ1) is 11.0. The van der Waals surface area contributed by atoms with E-state index < -0.39 is 11.8 Å². The van der Waals surface area contributed by atoms with Crippen LogP contribution in [0, 0.1) is 6.92 Å². The van der Waals surface area contributed by atoms with Gasteiger partial charge in [0.25, 0.3) is 0 Å². The molecule has 0 saturated heterocycles. The molecule has 0 heterocycles. The van der Waals surface area contributed by atoms with Crippen molar-refractivity contribution < 1.29 is 14.7 Å². The highest BCUT2D eigenvalue weighted by Crippen LogP contribution is 2.19. The molecule has 2 aromatic rings. The standard InChI is InChI=1S/C17H17BrN2O3/c1-11-10-13(4-7-15(11)18)20-17(23)16(22)19-9-8-12-2-5-14(21)6-3-12/h2-7,10,21H,8-9H2,1H3,(H,19,22)(H,20,23). The third kappa shape index (κ3) is 5.10. The van der Waals surface area contributed by atoms with Gasteiger partial charge in [-0.15, -0.1) is 0 Å². The summed E-state index contributed by atoms with van der Waals surface area (Å²) >= 11 is 3.38. The number of hydrogen-bond acceptors (Lipinski definition) is 3. The molecule has 5 nitrogen and oxygen atoms in total. The fourth-order valence-corrected chi connectivity index (χ4v) is 2.22. The second kappa shape index (κ2) is 7.78. The largest absolute Gasteiger partial charge is 0.508 e. The van der Waals surface area contributed by atoms with E-state index in [1.807, 2.05) is 13.0 Å². The number of phenolic OH excluding ortho intramolecular Hbond substituents is 1. The lowest BCUT2D eigenvalue weighted by Gasteiger charge is -2.08. The van der Waals surface area contributed by atoms with Gasteiger partial charge in [-0.05, 0) is 54.8 Å². The molecule has 0 aliphatic heterocycles. The first-order valence-corrected chi connectivity index (χ1v) is 7.88. The van der Waals surface area contributed by atoms with Crippen LogP contribution in [-0.4, -0.2) is 23.5 Å². The third-order valence-corrected chi connectivity index (χ3v) is 4.15. The van der Waals surface area contributed by atoms with Crippen LogP contribution in [0.4, 0.5) is 5.69 Å². The highest BCUT2D eigenvalue weighted by atomic mass is 79.9. The Hall–Kier alpha value is -2.34. The highest BCUT2D eigenvalue weighted by Gasteiger charge is 2.13. The van der Waals surface area contributed by atoms with Crippen LogP contribution in [0.5, 0.6) is 5.75 Å². The number of phenols is 1. The van der Waals surface area contributed by atoms with Crippen molar-refractivity contribution in [1.29, 1.82) is 0 Å². The van der Waals surface area contributed by atoms with Crippen LogP contribution >= 0.6 is 15.9 Å². The Bertz CT molecular complexity index is 714. The fourth-order valence-electron chi connectivity index (χ4n) is 1.97. The molecule has 0 spiro atoms. The molecule has 0 aromatic heterocycles. The number of hydrogen-bond donors (Lipinski definition) is 3. The number of nitrogens with one attached hydrogen (secondary N) is 2. The lowest BCUT2D eigenvalue weighted by Crippen LogP contribution is -2.36. The molecule has 3 N–H and O–H groups in total. The van der Waals surface area contributed by atoms with Crippen molar-refractivity contribution in [2.45, 2.75) is 13.3 Å². The minimum absolute atomic E-state index is 0.196. The van der Waals surface area contributed by atoms with E-state index in [0.29, 0.717) is 18.7 Å². The number of benzene rings is 2. The van der Waals surface area contributed by atoms with Gasteiger partial charge >= 0.3 is 11.8 Å². The molecule has 6 heteroatoms. The summed E-state index contributed by atoms with van der Waals surface area (Å²) in [5.74, 6) is -1.18. The number of carbonyl (C=O) groups is 2. The summed E-state index contributed by atoms with van der Waals surface area (Å²) in [5.41, 5.74) is 2.51. The van der Waals surface area contributed by atoms with Gasteiger partial charge in [-0.1, -0.05) is 28.1 Å². The zero-order chi connectivity index (χ0) is 16.8. The molecule has 2 amide bonds. The quantitative estimate of drug-likeness (QED) is 0.717. The maximum atomic E-state index is 11.8. The maximum Gasteiger partial charge on any atom is 0.313 e. The molecular formula is C17H17BrN2O3. The highest BCUT2D eigenvalue weighted by molar-refractivity contribution is 9.10. The fraction of sp³-hybridized carbons (Fsp3) is 0.176. The summed E-state index contributed by atoms with van der Waals surface area (Å²) in [6.45, 7) is 2.24. The lowest BCUT2D eigenvalue weighted by atomic mass is 10.1. The summed E-state index contributed by atoms with van der Waals surface area (Å²) in [6, 6.07) is 12.0. The molecule has 0 aliphatic carbocycles. The van der Waals surface area contributed by atoms with Crippen molar-refractivity contribution in [3.63, 3.8) is 0 Å². The van der Waals surface area contributed by atoms with E-state index >= 15 is 0 Å². The summed E-state index contributed by atoms with van der Waals surface area (Å²) in [7, 11) is 0. The number of carbonyl (C=O) groups excluding carboxylic acids is 2. The molecule has 0 unspecified atom stereocenters. The maximum absolute atomic E-state index is 11.8. The molecule has 0 bridgehead atoms. The third-order valence-electron chi connectivity index (χ3n) is 3.26. The zero-order valence-corrected chi connectivity index (χ0v) is 14.2. The number of halogens is 1. The Morgan fingerprint density at radius 3 is 2.43 bits per heavy atom. The topological polar surface area (TPSA) is 78.4 Å². The molecule has 2 aromatic carbocycles. The van der Waals surface area contributed by atoms with Gasteiger partial charge in [0, 0.05) is 16.7 Å². The van der Waals surface area contributed by atoms with Crippen molar-refractivity contribution in [2.75, 3.05) is 11.9 Å². The molecular weight excluding hydrogens is 360 g/mol. The summed E-state index contributed by atoms with van der Waals surface area (Å²) in [6.07, 6.45) is 0.580. The van der Waals surface area contributed by atoms with Crippen molar-refractivity contribution in [3.8, 4) is 5.75 Å². The van der Waals surface area contributed by atoms with E-state index in [4.69, 9.17) is 0 Å². The molecule has 0 fully saturated rings. The Kier molecular flexibility index (Phi) is 5.76. The van der Waals surface area contributed by atoms with Gasteiger partial charge in [-0.2, -0.15) is 0 Å². The predicted molar refractivity (Wildman–Crippen MR) is 92.3 cm³/mol. The second-order valence-corrected chi connectivity index (χ2v) is 5.94. The van der Waals surface area contributed by atoms with Crippen LogP contribution in [0.1, 0.15) is 11.1 Å². The Morgan fingerprint density at radius 1 is 1.09 bits per heavy atom. The van der Waals surface area contributed by atoms with Crippen LogP contribution in [0.2, 0.25) is 0 Å². The molecule has 23 heavy (non-hydrogen) atoms. The lowest BCUT2D eigenvalue weighted by molar-refractivity contribution is -0.136. The van der Waals surface area contributed by atoms with Crippen LogP contribution in [0.15, 0.2) is 46.9 Å². The second-order valence-electron chi connectivity index (χ2n) is 5.09. The molecule has 0 radical (unpaired) electrons. The monoisotopic (exact) mass is 376 g/mol. The van der Waals surface area contributed by atoms with Crippen LogP contribution in [0.3, 0.4) is 0 Å². The van der Waals surface area contributed by atoms with Crippen LogP contribution < -0.4 is 10.6 Å². The summed E-state index contributed by atoms with van der Waals surface area (Å²) < 4.78 is 0.939. The predicted octanol–water partition coefficient (Wildman–Crippen LogP) is 2.76. The number of amides is 2. The average molecular weight is 377 g/mol. The summed E-state index contributed by atoms with van der Waals surface area (Å²) in [4.78, 5) is 23.6. The smallest absolute Gasteiger partial charge is 0.313 e. The Balaban J connectivity index is 1.81. The molecule has 0 atom stereocenters. The van der Waals surface area contributed by atoms with Gasteiger partial charge < -0.3 is 15.7 Å². The number of aryl methyl sites for hydroxylation is 1.